The van der Waals surface area contributed by atoms with Crippen molar-refractivity contribution in [2.75, 3.05) is 65.2 Å². The van der Waals surface area contributed by atoms with Crippen molar-refractivity contribution in [3.05, 3.63) is 47.0 Å². The van der Waals surface area contributed by atoms with E-state index in [1.807, 2.05) is 46.3 Å². The van der Waals surface area contributed by atoms with E-state index in [1.165, 1.54) is 11.4 Å². The lowest BCUT2D eigenvalue weighted by Crippen LogP contribution is -2.31. The maximum absolute atomic E-state index is 13.1. The highest BCUT2D eigenvalue weighted by Gasteiger charge is 2.26. The molecule has 0 fully saturated rings. The number of amides is 1. The van der Waals surface area contributed by atoms with E-state index in [2.05, 4.69) is 15.1 Å². The van der Waals surface area contributed by atoms with Crippen molar-refractivity contribution in [2.45, 2.75) is 32.1 Å². The van der Waals surface area contributed by atoms with Gasteiger partial charge in [-0.15, -0.1) is 0 Å². The van der Waals surface area contributed by atoms with Crippen LogP contribution in [0.4, 0.5) is 11.4 Å². The molecular weight excluding hydrogens is 452 g/mol. The number of hydrogen-bond donors (Lipinski definition) is 1. The molecule has 34 heavy (non-hydrogen) atoms. The molecule has 188 valence electrons. The van der Waals surface area contributed by atoms with Crippen LogP contribution in [-0.4, -0.2) is 78.5 Å². The third kappa shape index (κ3) is 6.94. The molecule has 0 spiro atoms. The van der Waals surface area contributed by atoms with Gasteiger partial charge >= 0.3 is 0 Å². The molecule has 9 heteroatoms. The monoisotopic (exact) mass is 490 g/mol. The number of methoxy groups -OCH3 is 1. The number of ether oxygens (including phenoxy) is 1. The molecule has 1 N–H and O–H groups in total. The van der Waals surface area contributed by atoms with Crippen LogP contribution in [0.5, 0.6) is 5.75 Å². The lowest BCUT2D eigenvalue weighted by Gasteiger charge is -2.24. The second kappa shape index (κ2) is 11.7. The van der Waals surface area contributed by atoms with Gasteiger partial charge in [-0.05, 0) is 81.9 Å². The van der Waals surface area contributed by atoms with Crippen LogP contribution >= 0.6 is 0 Å². The smallest absolute Gasteiger partial charge is 0.243 e. The predicted molar refractivity (Wildman–Crippen MR) is 139 cm³/mol. The van der Waals surface area contributed by atoms with E-state index < -0.39 is 10.0 Å². The second-order valence-electron chi connectivity index (χ2n) is 8.94. The van der Waals surface area contributed by atoms with Gasteiger partial charge in [0, 0.05) is 51.5 Å². The number of rotatable bonds is 11. The Hall–Kier alpha value is -2.62. The van der Waals surface area contributed by atoms with Crippen molar-refractivity contribution < 1.29 is 17.9 Å². The van der Waals surface area contributed by atoms with Gasteiger partial charge < -0.3 is 19.9 Å². The SMILES string of the molecule is COc1cc(C)c(S(=O)(=O)N(C)CCC(=O)Nc2ccc(N(C)CCN(C)C)c(C)c2)c(C)c1. The van der Waals surface area contributed by atoms with Crippen LogP contribution in [0.2, 0.25) is 0 Å². The Morgan fingerprint density at radius 1 is 0.912 bits per heavy atom. The second-order valence-corrected chi connectivity index (χ2v) is 10.9. The van der Waals surface area contributed by atoms with Gasteiger partial charge in [0.25, 0.3) is 0 Å². The highest BCUT2D eigenvalue weighted by Crippen LogP contribution is 2.28. The number of carbonyl (C=O) groups is 1. The van der Waals surface area contributed by atoms with E-state index in [4.69, 9.17) is 4.74 Å². The molecular formula is C25H38N4O4S. The first-order valence-electron chi connectivity index (χ1n) is 11.2. The van der Waals surface area contributed by atoms with E-state index in [0.717, 1.165) is 24.3 Å². The van der Waals surface area contributed by atoms with E-state index in [9.17, 15) is 13.2 Å². The molecule has 0 saturated carbocycles. The van der Waals surface area contributed by atoms with Gasteiger partial charge in [-0.25, -0.2) is 12.7 Å². The van der Waals surface area contributed by atoms with Crippen LogP contribution in [0.25, 0.3) is 0 Å². The van der Waals surface area contributed by atoms with Gasteiger partial charge in [-0.1, -0.05) is 0 Å². The van der Waals surface area contributed by atoms with Gasteiger partial charge in [0.2, 0.25) is 15.9 Å². The summed E-state index contributed by atoms with van der Waals surface area (Å²) in [6.07, 6.45) is 0.0491. The maximum atomic E-state index is 13.1. The van der Waals surface area contributed by atoms with E-state index in [1.54, 1.807) is 33.1 Å². The third-order valence-electron chi connectivity index (χ3n) is 5.77. The Balaban J connectivity index is 2.01. The van der Waals surface area contributed by atoms with Crippen LogP contribution in [-0.2, 0) is 14.8 Å². The summed E-state index contributed by atoms with van der Waals surface area (Å²) in [6.45, 7) is 7.41. The first-order chi connectivity index (χ1) is 15.9. The maximum Gasteiger partial charge on any atom is 0.243 e. The minimum absolute atomic E-state index is 0.0491. The quantitative estimate of drug-likeness (QED) is 0.521. The molecule has 0 aliphatic heterocycles. The van der Waals surface area contributed by atoms with E-state index in [-0.39, 0.29) is 23.8 Å². The normalized spacial score (nSPS) is 11.7. The van der Waals surface area contributed by atoms with Crippen LogP contribution in [0.1, 0.15) is 23.1 Å². The van der Waals surface area contributed by atoms with E-state index in [0.29, 0.717) is 22.6 Å². The minimum Gasteiger partial charge on any atom is -0.497 e. The predicted octanol–water partition coefficient (Wildman–Crippen LogP) is 3.27. The lowest BCUT2D eigenvalue weighted by atomic mass is 10.1. The molecule has 0 unspecified atom stereocenters. The summed E-state index contributed by atoms with van der Waals surface area (Å²) in [5.41, 5.74) is 4.08. The summed E-state index contributed by atoms with van der Waals surface area (Å²) < 4.78 is 32.7. The topological polar surface area (TPSA) is 82.2 Å². The van der Waals surface area contributed by atoms with Crippen molar-refractivity contribution in [3.63, 3.8) is 0 Å². The molecule has 8 nitrogen and oxygen atoms in total. The Kier molecular flexibility index (Phi) is 9.49. The molecule has 2 aromatic rings. The van der Waals surface area contributed by atoms with Gasteiger partial charge in [0.15, 0.2) is 0 Å². The zero-order valence-electron chi connectivity index (χ0n) is 21.6. The van der Waals surface area contributed by atoms with Gasteiger partial charge in [0.05, 0.1) is 12.0 Å². The highest BCUT2D eigenvalue weighted by atomic mass is 32.2. The lowest BCUT2D eigenvalue weighted by molar-refractivity contribution is -0.116. The van der Waals surface area contributed by atoms with Crippen molar-refractivity contribution in [2.24, 2.45) is 0 Å². The standard InChI is InChI=1S/C25H38N4O4S/c1-18-15-21(9-10-23(18)28(6)14-13-27(4)5)26-24(30)11-12-29(7)34(31,32)25-19(2)16-22(33-8)17-20(25)3/h9-10,15-17H,11-14H2,1-8H3,(H,26,30). The average molecular weight is 491 g/mol. The number of nitrogens with zero attached hydrogens (tertiary/aromatic N) is 3. The van der Waals surface area contributed by atoms with Crippen LogP contribution in [0, 0.1) is 20.8 Å². The fourth-order valence-corrected chi connectivity index (χ4v) is 5.40. The van der Waals surface area contributed by atoms with Gasteiger partial charge in [-0.3, -0.25) is 4.79 Å². The number of carbonyl (C=O) groups excluding carboxylic acids is 1. The molecule has 0 radical (unpaired) electrons. The van der Waals surface area contributed by atoms with Gasteiger partial charge in [-0.2, -0.15) is 0 Å². The van der Waals surface area contributed by atoms with Crippen molar-refractivity contribution in [3.8, 4) is 5.75 Å². The zero-order chi connectivity index (χ0) is 25.6. The Labute approximate surface area is 204 Å². The molecule has 0 aliphatic rings. The molecule has 0 atom stereocenters. The molecule has 0 aromatic heterocycles. The summed E-state index contributed by atoms with van der Waals surface area (Å²) in [7, 11) is 5.44. The Morgan fingerprint density at radius 3 is 2.06 bits per heavy atom. The summed E-state index contributed by atoms with van der Waals surface area (Å²) in [4.78, 5) is 17.1. The third-order valence-corrected chi connectivity index (χ3v) is 7.93. The van der Waals surface area contributed by atoms with Crippen LogP contribution in [0.3, 0.4) is 0 Å². The molecule has 0 aliphatic carbocycles. The van der Waals surface area contributed by atoms with Crippen LogP contribution in [0.15, 0.2) is 35.2 Å². The number of hydrogen-bond acceptors (Lipinski definition) is 6. The zero-order valence-corrected chi connectivity index (χ0v) is 22.4. The Bertz CT molecular complexity index is 1090. The minimum atomic E-state index is -3.74. The fourth-order valence-electron chi connectivity index (χ4n) is 3.83. The Morgan fingerprint density at radius 2 is 1.53 bits per heavy atom. The summed E-state index contributed by atoms with van der Waals surface area (Å²) in [6, 6.07) is 9.20. The van der Waals surface area contributed by atoms with Crippen molar-refractivity contribution >= 4 is 27.3 Å². The number of aryl methyl sites for hydroxylation is 3. The van der Waals surface area contributed by atoms with Crippen molar-refractivity contribution in [1.82, 2.24) is 9.21 Å². The van der Waals surface area contributed by atoms with Gasteiger partial charge in [0.1, 0.15) is 5.75 Å². The molecule has 2 aromatic carbocycles. The summed E-state index contributed by atoms with van der Waals surface area (Å²) in [5, 5.41) is 2.88. The number of anilines is 2. The van der Waals surface area contributed by atoms with Crippen LogP contribution < -0.4 is 15.0 Å². The number of likely N-dealkylation sites (N-methyl/N-ethyl adjacent to an activating group) is 2. The van der Waals surface area contributed by atoms with E-state index >= 15 is 0 Å². The first-order valence-corrected chi connectivity index (χ1v) is 12.7. The molecule has 1 amide bonds. The van der Waals surface area contributed by atoms with Crippen molar-refractivity contribution in [1.29, 1.82) is 0 Å². The number of benzene rings is 2. The number of nitrogens with one attached hydrogen (secondary N) is 1. The molecule has 0 bridgehead atoms. The highest BCUT2D eigenvalue weighted by molar-refractivity contribution is 7.89. The largest absolute Gasteiger partial charge is 0.497 e. The first kappa shape index (κ1) is 27.6. The molecule has 0 saturated heterocycles. The summed E-state index contributed by atoms with van der Waals surface area (Å²) in [5.74, 6) is 0.375. The molecule has 0 heterocycles. The summed E-state index contributed by atoms with van der Waals surface area (Å²) >= 11 is 0. The average Bonchev–Trinajstić information content (AvgIpc) is 2.75. The number of sulfonamides is 1. The molecule has 2 rings (SSSR count). The fraction of sp³-hybridized carbons (Fsp3) is 0.480.